The molecule has 1 aromatic heterocycles. The van der Waals surface area contributed by atoms with Crippen LogP contribution in [0.1, 0.15) is 23.2 Å². The van der Waals surface area contributed by atoms with Crippen LogP contribution in [0.25, 0.3) is 10.2 Å². The molecule has 0 amide bonds. The molecule has 0 radical (unpaired) electrons. The molecule has 1 aliphatic rings. The minimum atomic E-state index is -0.338. The average molecular weight is 419 g/mol. The smallest absolute Gasteiger partial charge is 0.298 e. The first-order valence-corrected chi connectivity index (χ1v) is 10.5. The van der Waals surface area contributed by atoms with Gasteiger partial charge in [-0.15, -0.1) is 0 Å². The molecule has 0 spiro atoms. The van der Waals surface area contributed by atoms with Gasteiger partial charge < -0.3 is 0 Å². The number of benzene rings is 2. The second-order valence-corrected chi connectivity index (χ2v) is 8.67. The van der Waals surface area contributed by atoms with Gasteiger partial charge in [0, 0.05) is 17.1 Å². The molecule has 2 heterocycles. The van der Waals surface area contributed by atoms with E-state index in [1.807, 2.05) is 16.7 Å². The van der Waals surface area contributed by atoms with Gasteiger partial charge in [0.05, 0.1) is 16.8 Å². The Bertz CT molecular complexity index is 1050. The van der Waals surface area contributed by atoms with Crippen molar-refractivity contribution in [2.45, 2.75) is 19.4 Å². The lowest BCUT2D eigenvalue weighted by Gasteiger charge is -2.31. The number of Topliss-reactive ketones (excluding diaryl/α,β-unsaturated/α-hetero) is 1. The van der Waals surface area contributed by atoms with Crippen LogP contribution in [0.15, 0.2) is 47.3 Å². The van der Waals surface area contributed by atoms with Gasteiger partial charge in [0.25, 0.3) is 0 Å². The van der Waals surface area contributed by atoms with Gasteiger partial charge in [0.1, 0.15) is 5.82 Å². The molecule has 0 atom stereocenters. The summed E-state index contributed by atoms with van der Waals surface area (Å²) in [5.41, 5.74) is 1.44. The van der Waals surface area contributed by atoms with E-state index in [4.69, 9.17) is 11.6 Å². The molecule has 28 heavy (non-hydrogen) atoms. The van der Waals surface area contributed by atoms with Crippen molar-refractivity contribution >= 4 is 38.9 Å². The summed E-state index contributed by atoms with van der Waals surface area (Å²) in [5.74, 6) is 0.0645. The number of halogens is 2. The van der Waals surface area contributed by atoms with E-state index < -0.39 is 0 Å². The molecule has 4 rings (SSSR count). The Labute approximate surface area is 171 Å². The van der Waals surface area contributed by atoms with Crippen LogP contribution in [-0.2, 0) is 6.54 Å². The third-order valence-corrected chi connectivity index (χ3v) is 6.51. The summed E-state index contributed by atoms with van der Waals surface area (Å²) in [5, 5.41) is 0.633. The maximum Gasteiger partial charge on any atom is 0.308 e. The first kappa shape index (κ1) is 19.3. The predicted molar refractivity (Wildman–Crippen MR) is 111 cm³/mol. The van der Waals surface area contributed by atoms with Gasteiger partial charge in [-0.05, 0) is 74.3 Å². The Hall–Kier alpha value is -2.02. The summed E-state index contributed by atoms with van der Waals surface area (Å²) < 4.78 is 15.8. The van der Waals surface area contributed by atoms with Crippen LogP contribution >= 0.6 is 22.9 Å². The number of fused-ring (bicyclic) bond motifs is 1. The number of carbonyl (C=O) groups excluding carboxylic acids is 1. The lowest BCUT2D eigenvalue weighted by atomic mass is 9.96. The zero-order valence-electron chi connectivity index (χ0n) is 15.2. The summed E-state index contributed by atoms with van der Waals surface area (Å²) in [7, 11) is 0. The second kappa shape index (κ2) is 8.15. The summed E-state index contributed by atoms with van der Waals surface area (Å²) in [6.07, 6.45) is 1.86. The molecule has 0 bridgehead atoms. The van der Waals surface area contributed by atoms with Gasteiger partial charge in [-0.2, -0.15) is 0 Å². The minimum Gasteiger partial charge on any atom is -0.298 e. The Morgan fingerprint density at radius 1 is 1.14 bits per heavy atom. The van der Waals surface area contributed by atoms with E-state index in [1.54, 1.807) is 6.07 Å². The third kappa shape index (κ3) is 4.19. The van der Waals surface area contributed by atoms with Crippen molar-refractivity contribution in [1.29, 1.82) is 0 Å². The molecule has 0 N–H and O–H groups in total. The van der Waals surface area contributed by atoms with Gasteiger partial charge >= 0.3 is 4.87 Å². The molecule has 0 unspecified atom stereocenters. The fourth-order valence-electron chi connectivity index (χ4n) is 3.72. The van der Waals surface area contributed by atoms with Gasteiger partial charge in [-0.3, -0.25) is 19.1 Å². The molecule has 0 aliphatic carbocycles. The largest absolute Gasteiger partial charge is 0.308 e. The molecule has 7 heteroatoms. The number of hydrogen-bond acceptors (Lipinski definition) is 4. The number of nitrogens with zero attached hydrogens (tertiary/aromatic N) is 2. The van der Waals surface area contributed by atoms with Gasteiger partial charge in [-0.1, -0.05) is 22.9 Å². The number of rotatable bonds is 5. The summed E-state index contributed by atoms with van der Waals surface area (Å²) >= 11 is 7.35. The van der Waals surface area contributed by atoms with Crippen LogP contribution in [0.5, 0.6) is 0 Å². The topological polar surface area (TPSA) is 42.3 Å². The van der Waals surface area contributed by atoms with E-state index >= 15 is 0 Å². The van der Waals surface area contributed by atoms with Crippen LogP contribution in [0, 0.1) is 11.7 Å². The zero-order valence-corrected chi connectivity index (χ0v) is 16.8. The van der Waals surface area contributed by atoms with Gasteiger partial charge in [-0.25, -0.2) is 4.39 Å². The number of carbonyl (C=O) groups is 1. The highest BCUT2D eigenvalue weighted by atomic mass is 35.5. The van der Waals surface area contributed by atoms with Crippen molar-refractivity contribution in [2.24, 2.45) is 5.92 Å². The lowest BCUT2D eigenvalue weighted by molar-refractivity contribution is 0.0890. The number of piperidine rings is 1. The number of ketones is 1. The van der Waals surface area contributed by atoms with E-state index in [-0.39, 0.29) is 16.5 Å². The van der Waals surface area contributed by atoms with Crippen LogP contribution in [0.2, 0.25) is 5.02 Å². The van der Waals surface area contributed by atoms with Crippen LogP contribution in [0.3, 0.4) is 0 Å². The molecule has 3 aromatic rings. The first-order valence-electron chi connectivity index (χ1n) is 9.29. The number of hydrogen-bond donors (Lipinski definition) is 0. The maximum atomic E-state index is 13.0. The van der Waals surface area contributed by atoms with Crippen molar-refractivity contribution in [3.63, 3.8) is 0 Å². The summed E-state index contributed by atoms with van der Waals surface area (Å²) in [6.45, 7) is 2.65. The van der Waals surface area contributed by atoms with Crippen molar-refractivity contribution < 1.29 is 9.18 Å². The molecule has 1 aliphatic heterocycles. The van der Waals surface area contributed by atoms with Crippen molar-refractivity contribution in [1.82, 2.24) is 9.47 Å². The maximum absolute atomic E-state index is 13.0. The fourth-order valence-corrected chi connectivity index (χ4v) is 4.77. The standard InChI is InChI=1S/C21H20ClFN2O2S/c22-16-3-6-20-18(11-16)25(21(27)28-20)12-14-7-9-24(10-8-14)13-19(26)15-1-4-17(23)5-2-15/h1-6,11,14H,7-10,12-13H2. The predicted octanol–water partition coefficient (Wildman–Crippen LogP) is 4.45. The van der Waals surface area contributed by atoms with Crippen molar-refractivity contribution in [2.75, 3.05) is 19.6 Å². The molecule has 2 aromatic carbocycles. The van der Waals surface area contributed by atoms with Crippen LogP contribution < -0.4 is 4.87 Å². The second-order valence-electron chi connectivity index (χ2n) is 7.24. The lowest BCUT2D eigenvalue weighted by Crippen LogP contribution is -2.38. The Kier molecular flexibility index (Phi) is 5.62. The van der Waals surface area contributed by atoms with Crippen molar-refractivity contribution in [3.05, 3.63) is 68.5 Å². The SMILES string of the molecule is O=C(CN1CCC(Cn2c(=O)sc3ccc(Cl)cc32)CC1)c1ccc(F)cc1. The molecule has 1 fully saturated rings. The zero-order chi connectivity index (χ0) is 19.7. The Balaban J connectivity index is 1.36. The normalized spacial score (nSPS) is 15.9. The molecule has 4 nitrogen and oxygen atoms in total. The van der Waals surface area contributed by atoms with Gasteiger partial charge in [0.15, 0.2) is 5.78 Å². The van der Waals surface area contributed by atoms with Gasteiger partial charge in [0.2, 0.25) is 0 Å². The first-order chi connectivity index (χ1) is 13.5. The van der Waals surface area contributed by atoms with E-state index in [9.17, 15) is 14.0 Å². The van der Waals surface area contributed by atoms with E-state index in [0.717, 1.165) is 36.1 Å². The highest BCUT2D eigenvalue weighted by Gasteiger charge is 2.23. The summed E-state index contributed by atoms with van der Waals surface area (Å²) in [4.78, 5) is 26.9. The highest BCUT2D eigenvalue weighted by molar-refractivity contribution is 7.16. The van der Waals surface area contributed by atoms with Crippen molar-refractivity contribution in [3.8, 4) is 0 Å². The highest BCUT2D eigenvalue weighted by Crippen LogP contribution is 2.25. The van der Waals surface area contributed by atoms with E-state index in [1.165, 1.54) is 35.6 Å². The van der Waals surface area contributed by atoms with E-state index in [0.29, 0.717) is 29.6 Å². The van der Waals surface area contributed by atoms with Crippen LogP contribution in [-0.4, -0.2) is 34.9 Å². The quantitative estimate of drug-likeness (QED) is 0.575. The van der Waals surface area contributed by atoms with E-state index in [2.05, 4.69) is 4.90 Å². The third-order valence-electron chi connectivity index (χ3n) is 5.31. The fraction of sp³-hybridized carbons (Fsp3) is 0.333. The molecular formula is C21H20ClFN2O2S. The number of thiazole rings is 1. The average Bonchev–Trinajstić information content (AvgIpc) is 2.98. The molecule has 146 valence electrons. The monoisotopic (exact) mass is 418 g/mol. The molecule has 1 saturated heterocycles. The Morgan fingerprint density at radius 3 is 2.57 bits per heavy atom. The summed E-state index contributed by atoms with van der Waals surface area (Å²) in [6, 6.07) is 11.2. The number of aromatic nitrogens is 1. The minimum absolute atomic E-state index is 0.00754. The Morgan fingerprint density at radius 2 is 1.86 bits per heavy atom. The molecule has 0 saturated carbocycles. The number of likely N-dealkylation sites (tertiary alicyclic amines) is 1. The van der Waals surface area contributed by atoms with Crippen LogP contribution in [0.4, 0.5) is 4.39 Å². The molecular weight excluding hydrogens is 399 g/mol.